The van der Waals surface area contributed by atoms with Gasteiger partial charge in [0.25, 0.3) is 0 Å². The van der Waals surface area contributed by atoms with Gasteiger partial charge in [-0.15, -0.1) is 11.8 Å². The monoisotopic (exact) mass is 334 g/mol. The molecular weight excluding hydrogens is 308 g/mol. The molecule has 0 bridgehead atoms. The van der Waals surface area contributed by atoms with Gasteiger partial charge >= 0.3 is 6.03 Å². The third-order valence-electron chi connectivity index (χ3n) is 4.83. The highest BCUT2D eigenvalue weighted by molar-refractivity contribution is 7.98. The third-order valence-corrected chi connectivity index (χ3v) is 5.55. The highest BCUT2D eigenvalue weighted by Gasteiger charge is 2.31. The van der Waals surface area contributed by atoms with Crippen LogP contribution >= 0.6 is 11.8 Å². The number of anilines is 1. The van der Waals surface area contributed by atoms with Gasteiger partial charge in [-0.05, 0) is 37.9 Å². The van der Waals surface area contributed by atoms with E-state index in [0.717, 1.165) is 51.4 Å². The van der Waals surface area contributed by atoms with Crippen molar-refractivity contribution in [1.29, 1.82) is 0 Å². The molecule has 1 aromatic rings. The maximum atomic E-state index is 12.5. The van der Waals surface area contributed by atoms with E-state index in [1.165, 1.54) is 4.90 Å². The minimum Gasteiger partial charge on any atom is -0.323 e. The van der Waals surface area contributed by atoms with Gasteiger partial charge in [-0.25, -0.2) is 4.79 Å². The standard InChI is InChI=1S/C17H26N4OS/c1-19-8-10-20(11-9-19)15-6-7-21(13-15)17(22)18-14-4-3-5-16(12-14)23-2/h3-5,12,15H,6-11,13H2,1-2H3,(H,18,22)/t15-/m0/s1. The second-order valence-electron chi connectivity index (χ2n) is 6.39. The van der Waals surface area contributed by atoms with Crippen molar-refractivity contribution in [3.05, 3.63) is 24.3 Å². The summed E-state index contributed by atoms with van der Waals surface area (Å²) in [5.74, 6) is 0. The molecule has 6 heteroatoms. The van der Waals surface area contributed by atoms with Crippen molar-refractivity contribution in [2.45, 2.75) is 17.4 Å². The quantitative estimate of drug-likeness (QED) is 0.861. The number of carbonyl (C=O) groups is 1. The van der Waals surface area contributed by atoms with E-state index in [-0.39, 0.29) is 6.03 Å². The van der Waals surface area contributed by atoms with Crippen molar-refractivity contribution in [3.63, 3.8) is 0 Å². The summed E-state index contributed by atoms with van der Waals surface area (Å²) in [6, 6.07) is 8.56. The molecule has 1 N–H and O–H groups in total. The predicted octanol–water partition coefficient (Wildman–Crippen LogP) is 2.26. The maximum Gasteiger partial charge on any atom is 0.321 e. The molecule has 2 fully saturated rings. The van der Waals surface area contributed by atoms with Gasteiger partial charge in [-0.3, -0.25) is 4.90 Å². The Morgan fingerprint density at radius 2 is 2.00 bits per heavy atom. The highest BCUT2D eigenvalue weighted by Crippen LogP contribution is 2.21. The Bertz CT molecular complexity index is 545. The molecule has 2 saturated heterocycles. The van der Waals surface area contributed by atoms with Crippen LogP contribution in [0.1, 0.15) is 6.42 Å². The molecule has 5 nitrogen and oxygen atoms in total. The number of piperazine rings is 1. The molecule has 0 aliphatic carbocycles. The van der Waals surface area contributed by atoms with Crippen molar-refractivity contribution in [2.75, 3.05) is 57.9 Å². The molecule has 1 atom stereocenters. The zero-order chi connectivity index (χ0) is 16.2. The number of rotatable bonds is 3. The third kappa shape index (κ3) is 4.19. The molecule has 0 aromatic heterocycles. The van der Waals surface area contributed by atoms with E-state index >= 15 is 0 Å². The fraction of sp³-hybridized carbons (Fsp3) is 0.588. The van der Waals surface area contributed by atoms with Crippen LogP contribution in [-0.2, 0) is 0 Å². The summed E-state index contributed by atoms with van der Waals surface area (Å²) in [6.45, 7) is 6.19. The van der Waals surface area contributed by atoms with Crippen LogP contribution in [0.25, 0.3) is 0 Å². The van der Waals surface area contributed by atoms with Crippen molar-refractivity contribution in [2.24, 2.45) is 0 Å². The fourth-order valence-electron chi connectivity index (χ4n) is 3.31. The van der Waals surface area contributed by atoms with E-state index in [4.69, 9.17) is 0 Å². The summed E-state index contributed by atoms with van der Waals surface area (Å²) in [5, 5.41) is 3.04. The summed E-state index contributed by atoms with van der Waals surface area (Å²) >= 11 is 1.69. The molecule has 1 aromatic carbocycles. The van der Waals surface area contributed by atoms with Crippen LogP contribution in [0.5, 0.6) is 0 Å². The van der Waals surface area contributed by atoms with Crippen molar-refractivity contribution in [3.8, 4) is 0 Å². The lowest BCUT2D eigenvalue weighted by Crippen LogP contribution is -2.50. The second-order valence-corrected chi connectivity index (χ2v) is 7.27. The largest absolute Gasteiger partial charge is 0.323 e. The van der Waals surface area contributed by atoms with Gasteiger partial charge < -0.3 is 15.1 Å². The van der Waals surface area contributed by atoms with Crippen LogP contribution in [-0.4, -0.2) is 79.3 Å². The first-order valence-electron chi connectivity index (χ1n) is 8.28. The first kappa shape index (κ1) is 16.6. The van der Waals surface area contributed by atoms with E-state index in [1.807, 2.05) is 29.4 Å². The molecule has 2 amide bonds. The molecule has 0 saturated carbocycles. The molecule has 3 rings (SSSR count). The number of likely N-dealkylation sites (N-methyl/N-ethyl adjacent to an activating group) is 1. The first-order valence-corrected chi connectivity index (χ1v) is 9.51. The van der Waals surface area contributed by atoms with Crippen LogP contribution in [0, 0.1) is 0 Å². The summed E-state index contributed by atoms with van der Waals surface area (Å²) in [6.07, 6.45) is 3.13. The van der Waals surface area contributed by atoms with Crippen molar-refractivity contribution < 1.29 is 4.79 Å². The van der Waals surface area contributed by atoms with Crippen molar-refractivity contribution in [1.82, 2.24) is 14.7 Å². The molecule has 2 heterocycles. The number of nitrogens with zero attached hydrogens (tertiary/aromatic N) is 3. The maximum absolute atomic E-state index is 12.5. The van der Waals surface area contributed by atoms with E-state index in [1.54, 1.807) is 11.8 Å². The Hall–Kier alpha value is -1.24. The SMILES string of the molecule is CSc1cccc(NC(=O)N2CC[C@H](N3CCN(C)CC3)C2)c1. The lowest BCUT2D eigenvalue weighted by Gasteiger charge is -2.36. The Kier molecular flexibility index (Phi) is 5.46. The first-order chi connectivity index (χ1) is 11.2. The van der Waals surface area contributed by atoms with Gasteiger partial charge in [-0.1, -0.05) is 6.07 Å². The normalized spacial score (nSPS) is 23.2. The van der Waals surface area contributed by atoms with Gasteiger partial charge in [0.05, 0.1) is 0 Å². The average Bonchev–Trinajstić information content (AvgIpc) is 3.06. The van der Waals surface area contributed by atoms with Crippen LogP contribution in [0.4, 0.5) is 10.5 Å². The molecule has 0 unspecified atom stereocenters. The number of carbonyl (C=O) groups excluding carboxylic acids is 1. The van der Waals surface area contributed by atoms with Crippen LogP contribution in [0.2, 0.25) is 0 Å². The average molecular weight is 334 g/mol. The number of amides is 2. The summed E-state index contributed by atoms with van der Waals surface area (Å²) in [4.78, 5) is 20.5. The molecule has 2 aliphatic rings. The lowest BCUT2D eigenvalue weighted by molar-refractivity contribution is 0.115. The van der Waals surface area contributed by atoms with E-state index in [9.17, 15) is 4.79 Å². The lowest BCUT2D eigenvalue weighted by atomic mass is 10.2. The number of likely N-dealkylation sites (tertiary alicyclic amines) is 1. The van der Waals surface area contributed by atoms with Gasteiger partial charge in [0.15, 0.2) is 0 Å². The van der Waals surface area contributed by atoms with Crippen LogP contribution < -0.4 is 5.32 Å². The Balaban J connectivity index is 1.53. The number of thioether (sulfide) groups is 1. The second kappa shape index (κ2) is 7.55. The molecule has 0 radical (unpaired) electrons. The van der Waals surface area contributed by atoms with Gasteiger partial charge in [0.2, 0.25) is 0 Å². The molecule has 0 spiro atoms. The van der Waals surface area contributed by atoms with E-state index in [0.29, 0.717) is 6.04 Å². The Morgan fingerprint density at radius 1 is 1.22 bits per heavy atom. The Morgan fingerprint density at radius 3 is 2.74 bits per heavy atom. The number of nitrogens with one attached hydrogen (secondary N) is 1. The fourth-order valence-corrected chi connectivity index (χ4v) is 3.77. The number of urea groups is 1. The number of hydrogen-bond acceptors (Lipinski definition) is 4. The highest BCUT2D eigenvalue weighted by atomic mass is 32.2. The zero-order valence-electron chi connectivity index (χ0n) is 14.0. The number of benzene rings is 1. The summed E-state index contributed by atoms with van der Waals surface area (Å²) in [5.41, 5.74) is 0.880. The minimum atomic E-state index is 0.0277. The van der Waals surface area contributed by atoms with E-state index < -0.39 is 0 Å². The topological polar surface area (TPSA) is 38.8 Å². The van der Waals surface area contributed by atoms with Crippen LogP contribution in [0.15, 0.2) is 29.2 Å². The smallest absolute Gasteiger partial charge is 0.321 e. The molecule has 2 aliphatic heterocycles. The number of hydrogen-bond donors (Lipinski definition) is 1. The molecule has 23 heavy (non-hydrogen) atoms. The minimum absolute atomic E-state index is 0.0277. The molecule has 126 valence electrons. The van der Waals surface area contributed by atoms with Crippen LogP contribution in [0.3, 0.4) is 0 Å². The summed E-state index contributed by atoms with van der Waals surface area (Å²) < 4.78 is 0. The molecular formula is C17H26N4OS. The van der Waals surface area contributed by atoms with Gasteiger partial charge in [0.1, 0.15) is 0 Å². The zero-order valence-corrected chi connectivity index (χ0v) is 14.8. The van der Waals surface area contributed by atoms with Gasteiger partial charge in [0, 0.05) is 55.9 Å². The Labute approximate surface area is 143 Å². The van der Waals surface area contributed by atoms with E-state index in [2.05, 4.69) is 28.2 Å². The van der Waals surface area contributed by atoms with Crippen molar-refractivity contribution >= 4 is 23.5 Å². The summed E-state index contributed by atoms with van der Waals surface area (Å²) in [7, 11) is 2.18. The predicted molar refractivity (Wildman–Crippen MR) is 96.3 cm³/mol. The van der Waals surface area contributed by atoms with Gasteiger partial charge in [-0.2, -0.15) is 0 Å².